The Balaban J connectivity index is 2.31. The number of likely N-dealkylation sites (N-methyl/N-ethyl adjacent to an activating group) is 2. The normalized spacial score (nSPS) is 12.7. The third-order valence-corrected chi connectivity index (χ3v) is 2.68. The van der Waals surface area contributed by atoms with E-state index in [2.05, 4.69) is 23.1 Å². The van der Waals surface area contributed by atoms with Gasteiger partial charge in [-0.3, -0.25) is 9.80 Å². The van der Waals surface area contributed by atoms with E-state index in [1.807, 2.05) is 37.2 Å². The second-order valence-corrected chi connectivity index (χ2v) is 4.69. The lowest BCUT2D eigenvalue weighted by Crippen LogP contribution is -2.37. The number of aliphatic hydroxyl groups excluding tert-OH is 1. The SMILES string of the molecule is CN(CC#N)CC(O)CN(C)Cc1ccccc1. The van der Waals surface area contributed by atoms with E-state index in [0.717, 1.165) is 6.54 Å². The van der Waals surface area contributed by atoms with Gasteiger partial charge in [0.15, 0.2) is 0 Å². The second-order valence-electron chi connectivity index (χ2n) is 4.69. The van der Waals surface area contributed by atoms with Gasteiger partial charge in [-0.05, 0) is 19.7 Å². The van der Waals surface area contributed by atoms with Crippen LogP contribution in [0.25, 0.3) is 0 Å². The largest absolute Gasteiger partial charge is 0.390 e. The van der Waals surface area contributed by atoms with Gasteiger partial charge in [0.2, 0.25) is 0 Å². The summed E-state index contributed by atoms with van der Waals surface area (Å²) in [6.45, 7) is 2.29. The number of hydrogen-bond acceptors (Lipinski definition) is 4. The minimum absolute atomic E-state index is 0.347. The first-order chi connectivity index (χ1) is 8.61. The van der Waals surface area contributed by atoms with Crippen molar-refractivity contribution in [3.63, 3.8) is 0 Å². The Morgan fingerprint density at radius 2 is 1.78 bits per heavy atom. The number of aliphatic hydroxyl groups is 1. The summed E-state index contributed by atoms with van der Waals surface area (Å²) in [4.78, 5) is 3.90. The first kappa shape index (κ1) is 14.7. The molecule has 4 nitrogen and oxygen atoms in total. The molecular weight excluding hydrogens is 226 g/mol. The third-order valence-electron chi connectivity index (χ3n) is 2.68. The highest BCUT2D eigenvalue weighted by molar-refractivity contribution is 5.14. The van der Waals surface area contributed by atoms with Gasteiger partial charge in [0.25, 0.3) is 0 Å². The zero-order valence-electron chi connectivity index (χ0n) is 11.1. The fraction of sp³-hybridized carbons (Fsp3) is 0.500. The van der Waals surface area contributed by atoms with Gasteiger partial charge in [-0.2, -0.15) is 5.26 Å². The van der Waals surface area contributed by atoms with Crippen LogP contribution < -0.4 is 0 Å². The first-order valence-corrected chi connectivity index (χ1v) is 6.08. The van der Waals surface area contributed by atoms with Crippen LogP contribution in [0.5, 0.6) is 0 Å². The van der Waals surface area contributed by atoms with Crippen LogP contribution in [0.1, 0.15) is 5.56 Å². The first-order valence-electron chi connectivity index (χ1n) is 6.08. The van der Waals surface area contributed by atoms with E-state index < -0.39 is 6.10 Å². The van der Waals surface area contributed by atoms with E-state index in [1.165, 1.54) is 5.56 Å². The summed E-state index contributed by atoms with van der Waals surface area (Å²) in [6.07, 6.45) is -0.433. The maximum absolute atomic E-state index is 9.90. The molecule has 0 heterocycles. The summed E-state index contributed by atoms with van der Waals surface area (Å²) in [5.74, 6) is 0. The molecule has 0 aliphatic rings. The molecule has 0 saturated carbocycles. The van der Waals surface area contributed by atoms with E-state index in [9.17, 15) is 5.11 Å². The number of hydrogen-bond donors (Lipinski definition) is 1. The zero-order valence-corrected chi connectivity index (χ0v) is 11.1. The van der Waals surface area contributed by atoms with E-state index in [0.29, 0.717) is 19.6 Å². The van der Waals surface area contributed by atoms with E-state index in [4.69, 9.17) is 5.26 Å². The molecule has 0 spiro atoms. The van der Waals surface area contributed by atoms with Crippen LogP contribution in [0.3, 0.4) is 0 Å². The molecule has 0 aromatic heterocycles. The molecule has 0 bridgehead atoms. The molecule has 0 fully saturated rings. The van der Waals surface area contributed by atoms with Crippen LogP contribution in [0, 0.1) is 11.3 Å². The van der Waals surface area contributed by atoms with Gasteiger partial charge in [0, 0.05) is 19.6 Å². The van der Waals surface area contributed by atoms with Crippen molar-refractivity contribution >= 4 is 0 Å². The summed E-state index contributed by atoms with van der Waals surface area (Å²) in [6, 6.07) is 12.2. The van der Waals surface area contributed by atoms with Gasteiger partial charge in [0.05, 0.1) is 18.7 Å². The molecular formula is C14H21N3O. The average Bonchev–Trinajstić information content (AvgIpc) is 2.29. The van der Waals surface area contributed by atoms with Gasteiger partial charge in [-0.15, -0.1) is 0 Å². The highest BCUT2D eigenvalue weighted by Gasteiger charge is 2.11. The summed E-state index contributed by atoms with van der Waals surface area (Å²) < 4.78 is 0. The van der Waals surface area contributed by atoms with E-state index in [-0.39, 0.29) is 0 Å². The van der Waals surface area contributed by atoms with Crippen molar-refractivity contribution in [2.75, 3.05) is 33.7 Å². The van der Waals surface area contributed by atoms with Crippen molar-refractivity contribution in [1.29, 1.82) is 5.26 Å². The molecule has 1 aromatic rings. The summed E-state index contributed by atoms with van der Waals surface area (Å²) in [5, 5.41) is 18.4. The monoisotopic (exact) mass is 247 g/mol. The molecule has 1 N–H and O–H groups in total. The van der Waals surface area contributed by atoms with Crippen LogP contribution in [0.4, 0.5) is 0 Å². The molecule has 4 heteroatoms. The van der Waals surface area contributed by atoms with Crippen LogP contribution in [0.2, 0.25) is 0 Å². The van der Waals surface area contributed by atoms with Crippen molar-refractivity contribution < 1.29 is 5.11 Å². The van der Waals surface area contributed by atoms with Gasteiger partial charge in [-0.25, -0.2) is 0 Å². The maximum atomic E-state index is 9.90. The van der Waals surface area contributed by atoms with E-state index >= 15 is 0 Å². The Hall–Kier alpha value is -1.41. The highest BCUT2D eigenvalue weighted by atomic mass is 16.3. The van der Waals surface area contributed by atoms with Crippen molar-refractivity contribution in [3.05, 3.63) is 35.9 Å². The Morgan fingerprint density at radius 3 is 2.39 bits per heavy atom. The summed E-state index contributed by atoms with van der Waals surface area (Å²) in [5.41, 5.74) is 1.23. The van der Waals surface area contributed by atoms with Crippen LogP contribution in [0.15, 0.2) is 30.3 Å². The third kappa shape index (κ3) is 5.78. The van der Waals surface area contributed by atoms with Crippen LogP contribution in [-0.4, -0.2) is 54.7 Å². The topological polar surface area (TPSA) is 50.5 Å². The van der Waals surface area contributed by atoms with Gasteiger partial charge < -0.3 is 5.11 Å². The van der Waals surface area contributed by atoms with Crippen molar-refractivity contribution in [1.82, 2.24) is 9.80 Å². The van der Waals surface area contributed by atoms with Gasteiger partial charge in [-0.1, -0.05) is 30.3 Å². The lowest BCUT2D eigenvalue weighted by atomic mass is 10.2. The number of nitriles is 1. The summed E-state index contributed by atoms with van der Waals surface area (Å²) in [7, 11) is 3.82. The highest BCUT2D eigenvalue weighted by Crippen LogP contribution is 2.03. The molecule has 1 atom stereocenters. The standard InChI is InChI=1S/C14H21N3O/c1-16(9-8-15)11-14(18)12-17(2)10-13-6-4-3-5-7-13/h3-7,14,18H,9-12H2,1-2H3. The van der Waals surface area contributed by atoms with Crippen molar-refractivity contribution in [2.45, 2.75) is 12.6 Å². The molecule has 1 unspecified atom stereocenters. The fourth-order valence-electron chi connectivity index (χ4n) is 1.92. The Morgan fingerprint density at radius 1 is 1.17 bits per heavy atom. The molecule has 0 radical (unpaired) electrons. The number of benzene rings is 1. The molecule has 1 rings (SSSR count). The molecule has 98 valence electrons. The lowest BCUT2D eigenvalue weighted by molar-refractivity contribution is 0.0928. The smallest absolute Gasteiger partial charge is 0.0864 e. The van der Waals surface area contributed by atoms with Crippen molar-refractivity contribution in [2.24, 2.45) is 0 Å². The lowest BCUT2D eigenvalue weighted by Gasteiger charge is -2.23. The molecule has 0 aliphatic carbocycles. The second kappa shape index (κ2) is 7.83. The van der Waals surface area contributed by atoms with Crippen molar-refractivity contribution in [3.8, 4) is 6.07 Å². The minimum Gasteiger partial charge on any atom is -0.390 e. The molecule has 0 saturated heterocycles. The Labute approximate surface area is 109 Å². The minimum atomic E-state index is -0.433. The molecule has 0 amide bonds. The molecule has 0 aliphatic heterocycles. The fourth-order valence-corrected chi connectivity index (χ4v) is 1.92. The van der Waals surface area contributed by atoms with Gasteiger partial charge >= 0.3 is 0 Å². The van der Waals surface area contributed by atoms with Crippen LogP contribution >= 0.6 is 0 Å². The Kier molecular flexibility index (Phi) is 6.37. The zero-order chi connectivity index (χ0) is 13.4. The predicted octanol–water partition coefficient (Wildman–Crippen LogP) is 0.935. The summed E-state index contributed by atoms with van der Waals surface area (Å²) >= 11 is 0. The van der Waals surface area contributed by atoms with E-state index in [1.54, 1.807) is 0 Å². The maximum Gasteiger partial charge on any atom is 0.0864 e. The molecule has 1 aromatic carbocycles. The molecule has 18 heavy (non-hydrogen) atoms. The van der Waals surface area contributed by atoms with Crippen LogP contribution in [-0.2, 0) is 6.54 Å². The quantitative estimate of drug-likeness (QED) is 0.728. The number of rotatable bonds is 7. The number of nitrogens with zero attached hydrogens (tertiary/aromatic N) is 3. The van der Waals surface area contributed by atoms with Gasteiger partial charge in [0.1, 0.15) is 0 Å². The average molecular weight is 247 g/mol. The Bertz CT molecular complexity index is 374. The predicted molar refractivity (Wildman–Crippen MR) is 71.9 cm³/mol.